The number of piperidine rings is 1. The predicted molar refractivity (Wildman–Crippen MR) is 79.7 cm³/mol. The third-order valence-electron chi connectivity index (χ3n) is 4.32. The minimum Gasteiger partial charge on any atom is -0.274 e. The molecule has 7 heteroatoms. The van der Waals surface area contributed by atoms with Gasteiger partial charge in [-0.3, -0.25) is 4.79 Å². The molecule has 1 aliphatic heterocycles. The zero-order valence-electron chi connectivity index (χ0n) is 12.2. The molecule has 0 unspecified atom stereocenters. The average Bonchev–Trinajstić information content (AvgIpc) is 3.29. The Kier molecular flexibility index (Phi) is 4.18. The van der Waals surface area contributed by atoms with Crippen LogP contribution in [0.4, 0.5) is 4.39 Å². The number of hydrogen-bond acceptors (Lipinski definition) is 3. The molecule has 0 spiro atoms. The van der Waals surface area contributed by atoms with Crippen LogP contribution in [0.15, 0.2) is 24.3 Å². The molecule has 1 saturated heterocycles. The molecule has 0 bridgehead atoms. The fourth-order valence-electron chi connectivity index (χ4n) is 2.98. The van der Waals surface area contributed by atoms with Gasteiger partial charge >= 0.3 is 10.2 Å². The summed E-state index contributed by atoms with van der Waals surface area (Å²) in [6, 6.07) is 6.31. The number of rotatable bonds is 4. The van der Waals surface area contributed by atoms with Gasteiger partial charge in [0.2, 0.25) is 5.91 Å². The van der Waals surface area contributed by atoms with Crippen LogP contribution < -0.4 is 4.72 Å². The molecule has 0 aromatic heterocycles. The van der Waals surface area contributed by atoms with Gasteiger partial charge in [-0.15, -0.1) is 0 Å². The summed E-state index contributed by atoms with van der Waals surface area (Å²) >= 11 is 0. The topological polar surface area (TPSA) is 66.5 Å². The molecule has 2 fully saturated rings. The lowest BCUT2D eigenvalue weighted by Crippen LogP contribution is -2.46. The van der Waals surface area contributed by atoms with E-state index in [0.29, 0.717) is 25.1 Å². The van der Waals surface area contributed by atoms with Gasteiger partial charge in [0.15, 0.2) is 0 Å². The van der Waals surface area contributed by atoms with Crippen molar-refractivity contribution >= 4 is 16.1 Å². The van der Waals surface area contributed by atoms with Crippen molar-refractivity contribution in [2.45, 2.75) is 31.6 Å². The fraction of sp³-hybridized carbons (Fsp3) is 0.533. The van der Waals surface area contributed by atoms with E-state index < -0.39 is 22.0 Å². The Morgan fingerprint density at radius 3 is 2.55 bits per heavy atom. The van der Waals surface area contributed by atoms with Crippen LogP contribution in [-0.4, -0.2) is 31.7 Å². The van der Waals surface area contributed by atoms with Crippen LogP contribution in [0.25, 0.3) is 0 Å². The summed E-state index contributed by atoms with van der Waals surface area (Å²) in [6.07, 6.45) is 3.13. The number of amides is 1. The summed E-state index contributed by atoms with van der Waals surface area (Å²) in [4.78, 5) is 12.1. The summed E-state index contributed by atoms with van der Waals surface area (Å²) in [5.74, 6) is -1.56. The first-order chi connectivity index (χ1) is 10.5. The van der Waals surface area contributed by atoms with Crippen molar-refractivity contribution in [3.8, 4) is 0 Å². The molecule has 2 aliphatic rings. The van der Waals surface area contributed by atoms with Gasteiger partial charge in [0.1, 0.15) is 5.82 Å². The van der Waals surface area contributed by atoms with Gasteiger partial charge < -0.3 is 0 Å². The van der Waals surface area contributed by atoms with E-state index in [-0.39, 0.29) is 11.7 Å². The molecule has 1 amide bonds. The lowest BCUT2D eigenvalue weighted by atomic mass is 10.1. The van der Waals surface area contributed by atoms with E-state index in [1.807, 2.05) is 0 Å². The third kappa shape index (κ3) is 3.15. The number of carbonyl (C=O) groups excluding carboxylic acids is 1. The second-order valence-corrected chi connectivity index (χ2v) is 7.57. The fourth-order valence-corrected chi connectivity index (χ4v) is 4.25. The smallest absolute Gasteiger partial charge is 0.274 e. The summed E-state index contributed by atoms with van der Waals surface area (Å²) in [5.41, 5.74) is 0.484. The molecule has 22 heavy (non-hydrogen) atoms. The number of halogens is 1. The van der Waals surface area contributed by atoms with Crippen molar-refractivity contribution in [2.75, 3.05) is 13.1 Å². The van der Waals surface area contributed by atoms with Crippen molar-refractivity contribution < 1.29 is 17.6 Å². The van der Waals surface area contributed by atoms with Gasteiger partial charge in [-0.05, 0) is 36.8 Å². The zero-order chi connectivity index (χ0) is 15.7. The molecule has 1 heterocycles. The molecule has 1 aliphatic carbocycles. The second-order valence-electron chi connectivity index (χ2n) is 5.90. The van der Waals surface area contributed by atoms with Crippen LogP contribution in [0.2, 0.25) is 0 Å². The Balaban J connectivity index is 1.63. The van der Waals surface area contributed by atoms with Gasteiger partial charge in [-0.1, -0.05) is 24.6 Å². The van der Waals surface area contributed by atoms with E-state index in [2.05, 4.69) is 4.72 Å². The molecule has 5 nitrogen and oxygen atoms in total. The predicted octanol–water partition coefficient (Wildman–Crippen LogP) is 1.78. The summed E-state index contributed by atoms with van der Waals surface area (Å²) in [7, 11) is -3.76. The minimum atomic E-state index is -3.76. The number of nitrogens with one attached hydrogen (secondary N) is 1. The van der Waals surface area contributed by atoms with Gasteiger partial charge in [-0.25, -0.2) is 9.11 Å². The van der Waals surface area contributed by atoms with E-state index in [0.717, 1.165) is 19.3 Å². The van der Waals surface area contributed by atoms with Crippen LogP contribution in [0.1, 0.15) is 37.2 Å². The molecular weight excluding hydrogens is 307 g/mol. The first-order valence-electron chi connectivity index (χ1n) is 7.55. The normalized spacial score (nSPS) is 25.7. The van der Waals surface area contributed by atoms with Gasteiger partial charge in [-0.2, -0.15) is 12.7 Å². The van der Waals surface area contributed by atoms with Crippen LogP contribution in [0.3, 0.4) is 0 Å². The van der Waals surface area contributed by atoms with Crippen LogP contribution in [0, 0.1) is 11.7 Å². The van der Waals surface area contributed by atoms with E-state index in [1.54, 1.807) is 18.2 Å². The zero-order valence-corrected chi connectivity index (χ0v) is 13.0. The lowest BCUT2D eigenvalue weighted by molar-refractivity contribution is -0.120. The number of benzene rings is 1. The van der Waals surface area contributed by atoms with E-state index in [1.165, 1.54) is 10.4 Å². The molecule has 1 aromatic carbocycles. The molecule has 1 saturated carbocycles. The van der Waals surface area contributed by atoms with Crippen molar-refractivity contribution in [3.63, 3.8) is 0 Å². The quantitative estimate of drug-likeness (QED) is 0.917. The Hall–Kier alpha value is -1.47. The maximum Gasteiger partial charge on any atom is 0.303 e. The highest BCUT2D eigenvalue weighted by atomic mass is 32.2. The monoisotopic (exact) mass is 326 g/mol. The van der Waals surface area contributed by atoms with E-state index >= 15 is 0 Å². The number of carbonyl (C=O) groups is 1. The molecule has 2 atom stereocenters. The van der Waals surface area contributed by atoms with Crippen LogP contribution in [0.5, 0.6) is 0 Å². The molecule has 1 N–H and O–H groups in total. The second kappa shape index (κ2) is 5.96. The average molecular weight is 326 g/mol. The number of hydrogen-bond donors (Lipinski definition) is 1. The SMILES string of the molecule is O=C(NS(=O)(=O)N1CCCCC1)[C@H]1C[C@@H]1c1ccccc1F. The summed E-state index contributed by atoms with van der Waals surface area (Å²) in [6.45, 7) is 0.897. The van der Waals surface area contributed by atoms with Crippen LogP contribution >= 0.6 is 0 Å². The van der Waals surface area contributed by atoms with Crippen molar-refractivity contribution in [1.82, 2.24) is 9.03 Å². The highest BCUT2D eigenvalue weighted by Crippen LogP contribution is 2.48. The highest BCUT2D eigenvalue weighted by molar-refractivity contribution is 7.87. The van der Waals surface area contributed by atoms with Crippen molar-refractivity contribution in [2.24, 2.45) is 5.92 Å². The first-order valence-corrected chi connectivity index (χ1v) is 8.99. The van der Waals surface area contributed by atoms with E-state index in [4.69, 9.17) is 0 Å². The minimum absolute atomic E-state index is 0.224. The van der Waals surface area contributed by atoms with Crippen molar-refractivity contribution in [1.29, 1.82) is 0 Å². The largest absolute Gasteiger partial charge is 0.303 e. The molecule has 0 radical (unpaired) electrons. The maximum absolute atomic E-state index is 13.7. The summed E-state index contributed by atoms with van der Waals surface area (Å²) < 4.78 is 41.5. The maximum atomic E-state index is 13.7. The molecule has 1 aromatic rings. The Morgan fingerprint density at radius 1 is 1.18 bits per heavy atom. The molecular formula is C15H19FN2O3S. The van der Waals surface area contributed by atoms with Gasteiger partial charge in [0, 0.05) is 19.0 Å². The van der Waals surface area contributed by atoms with E-state index in [9.17, 15) is 17.6 Å². The third-order valence-corrected chi connectivity index (χ3v) is 5.82. The molecule has 120 valence electrons. The highest BCUT2D eigenvalue weighted by Gasteiger charge is 2.46. The van der Waals surface area contributed by atoms with Crippen molar-refractivity contribution in [3.05, 3.63) is 35.6 Å². The van der Waals surface area contributed by atoms with Gasteiger partial charge in [0.05, 0.1) is 0 Å². The van der Waals surface area contributed by atoms with Gasteiger partial charge in [0.25, 0.3) is 0 Å². The first kappa shape index (κ1) is 15.4. The lowest BCUT2D eigenvalue weighted by Gasteiger charge is -2.25. The standard InChI is InChI=1S/C15H19FN2O3S/c16-14-7-3-2-6-11(14)12-10-13(12)15(19)17-22(20,21)18-8-4-1-5-9-18/h2-3,6-7,12-13H,1,4-5,8-10H2,(H,17,19)/t12-,13+/m1/s1. The number of nitrogens with zero attached hydrogens (tertiary/aromatic N) is 1. The van der Waals surface area contributed by atoms with Crippen LogP contribution in [-0.2, 0) is 15.0 Å². The Labute approximate surface area is 129 Å². The Morgan fingerprint density at radius 2 is 1.86 bits per heavy atom. The Bertz CT molecular complexity index is 671. The summed E-state index contributed by atoms with van der Waals surface area (Å²) in [5, 5.41) is 0. The molecule has 3 rings (SSSR count).